The van der Waals surface area contributed by atoms with Crippen molar-refractivity contribution >= 4 is 11.6 Å². The number of carbonyl (C=O) groups excluding carboxylic acids is 1. The summed E-state index contributed by atoms with van der Waals surface area (Å²) in [5.41, 5.74) is 1.98. The minimum atomic E-state index is -4.36. The van der Waals surface area contributed by atoms with Crippen LogP contribution in [0.3, 0.4) is 0 Å². The molecule has 0 saturated heterocycles. The quantitative estimate of drug-likeness (QED) is 0.918. The Morgan fingerprint density at radius 3 is 2.57 bits per heavy atom. The standard InChI is InChI=1S/C15H16F3N3O2/c1-10-4-3-5-11(2)14(10)23-8-13(22)20-12-6-19-21(7-12)9-15(16,17)18/h3-7H,8-9H2,1-2H3,(H,20,22). The molecule has 1 heterocycles. The van der Waals surface area contributed by atoms with Crippen LogP contribution in [0.4, 0.5) is 18.9 Å². The number of hydrogen-bond acceptors (Lipinski definition) is 3. The minimum absolute atomic E-state index is 0.185. The van der Waals surface area contributed by atoms with Crippen molar-refractivity contribution in [3.05, 3.63) is 41.7 Å². The average molecular weight is 327 g/mol. The van der Waals surface area contributed by atoms with E-state index in [-0.39, 0.29) is 12.3 Å². The van der Waals surface area contributed by atoms with E-state index in [1.165, 1.54) is 0 Å². The molecule has 1 N–H and O–H groups in total. The summed E-state index contributed by atoms with van der Waals surface area (Å²) in [5, 5.41) is 5.98. The first-order valence-electron chi connectivity index (χ1n) is 6.82. The summed E-state index contributed by atoms with van der Waals surface area (Å²) in [6.45, 7) is 2.28. The van der Waals surface area contributed by atoms with E-state index in [2.05, 4.69) is 10.4 Å². The largest absolute Gasteiger partial charge is 0.483 e. The first-order chi connectivity index (χ1) is 10.7. The fourth-order valence-corrected chi connectivity index (χ4v) is 2.06. The zero-order valence-corrected chi connectivity index (χ0v) is 12.6. The molecule has 23 heavy (non-hydrogen) atoms. The van der Waals surface area contributed by atoms with Crippen LogP contribution in [0.25, 0.3) is 0 Å². The summed E-state index contributed by atoms with van der Waals surface area (Å²) in [5.74, 6) is 0.148. The van der Waals surface area contributed by atoms with Gasteiger partial charge in [0.05, 0.1) is 11.9 Å². The number of aromatic nitrogens is 2. The summed E-state index contributed by atoms with van der Waals surface area (Å²) in [7, 11) is 0. The highest BCUT2D eigenvalue weighted by atomic mass is 19.4. The number of rotatable bonds is 5. The highest BCUT2D eigenvalue weighted by Crippen LogP contribution is 2.22. The van der Waals surface area contributed by atoms with Crippen molar-refractivity contribution in [1.82, 2.24) is 9.78 Å². The molecule has 1 aromatic heterocycles. The maximum absolute atomic E-state index is 12.2. The van der Waals surface area contributed by atoms with Gasteiger partial charge in [-0.3, -0.25) is 9.48 Å². The van der Waals surface area contributed by atoms with Crippen LogP contribution in [0.5, 0.6) is 5.75 Å². The maximum atomic E-state index is 12.2. The molecule has 1 amide bonds. The van der Waals surface area contributed by atoms with Crippen LogP contribution in [0.1, 0.15) is 11.1 Å². The van der Waals surface area contributed by atoms with E-state index < -0.39 is 18.6 Å². The average Bonchev–Trinajstić information content (AvgIpc) is 2.83. The number of para-hydroxylation sites is 1. The van der Waals surface area contributed by atoms with Gasteiger partial charge in [-0.25, -0.2) is 0 Å². The Morgan fingerprint density at radius 2 is 1.96 bits per heavy atom. The number of amides is 1. The molecule has 0 unspecified atom stereocenters. The molecular formula is C15H16F3N3O2. The van der Waals surface area contributed by atoms with Crippen LogP contribution >= 0.6 is 0 Å². The predicted molar refractivity (Wildman–Crippen MR) is 78.3 cm³/mol. The number of halogens is 3. The molecule has 0 aliphatic carbocycles. The van der Waals surface area contributed by atoms with E-state index in [1.54, 1.807) is 0 Å². The van der Waals surface area contributed by atoms with E-state index in [0.29, 0.717) is 10.4 Å². The van der Waals surface area contributed by atoms with Crippen LogP contribution in [0.2, 0.25) is 0 Å². The van der Waals surface area contributed by atoms with E-state index >= 15 is 0 Å². The summed E-state index contributed by atoms with van der Waals surface area (Å²) < 4.78 is 42.9. The number of aryl methyl sites for hydroxylation is 2. The molecule has 2 aromatic rings. The third-order valence-corrected chi connectivity index (χ3v) is 3.01. The van der Waals surface area contributed by atoms with Gasteiger partial charge >= 0.3 is 6.18 Å². The molecule has 0 atom stereocenters. The Labute approximate surface area is 131 Å². The molecule has 2 rings (SSSR count). The van der Waals surface area contributed by atoms with Crippen molar-refractivity contribution in [2.24, 2.45) is 0 Å². The zero-order chi connectivity index (χ0) is 17.0. The van der Waals surface area contributed by atoms with Gasteiger partial charge in [0, 0.05) is 6.20 Å². The molecule has 8 heteroatoms. The Morgan fingerprint density at radius 1 is 1.30 bits per heavy atom. The fourth-order valence-electron chi connectivity index (χ4n) is 2.06. The van der Waals surface area contributed by atoms with Crippen LogP contribution in [-0.2, 0) is 11.3 Å². The highest BCUT2D eigenvalue weighted by Gasteiger charge is 2.28. The van der Waals surface area contributed by atoms with E-state index in [4.69, 9.17) is 4.74 Å². The Kier molecular flexibility index (Phi) is 4.92. The van der Waals surface area contributed by atoms with Crippen LogP contribution < -0.4 is 10.1 Å². The Bertz CT molecular complexity index is 675. The van der Waals surface area contributed by atoms with Crippen molar-refractivity contribution in [2.45, 2.75) is 26.6 Å². The second kappa shape index (κ2) is 6.72. The van der Waals surface area contributed by atoms with Crippen LogP contribution in [0.15, 0.2) is 30.6 Å². The van der Waals surface area contributed by atoms with Gasteiger partial charge in [-0.1, -0.05) is 18.2 Å². The molecule has 0 aliphatic heterocycles. The van der Waals surface area contributed by atoms with Gasteiger partial charge < -0.3 is 10.1 Å². The van der Waals surface area contributed by atoms with Crippen molar-refractivity contribution in [3.63, 3.8) is 0 Å². The van der Waals surface area contributed by atoms with E-state index in [9.17, 15) is 18.0 Å². The molecule has 0 spiro atoms. The topological polar surface area (TPSA) is 56.1 Å². The molecule has 0 aliphatic rings. The summed E-state index contributed by atoms with van der Waals surface area (Å²) in [6.07, 6.45) is -2.09. The van der Waals surface area contributed by atoms with Crippen LogP contribution in [0, 0.1) is 13.8 Å². The third-order valence-electron chi connectivity index (χ3n) is 3.01. The number of anilines is 1. The lowest BCUT2D eigenvalue weighted by atomic mass is 10.1. The van der Waals surface area contributed by atoms with E-state index in [0.717, 1.165) is 23.5 Å². The first kappa shape index (κ1) is 16.9. The monoisotopic (exact) mass is 327 g/mol. The molecule has 0 radical (unpaired) electrons. The van der Waals surface area contributed by atoms with Gasteiger partial charge in [0.2, 0.25) is 0 Å². The van der Waals surface area contributed by atoms with Crippen molar-refractivity contribution < 1.29 is 22.7 Å². The van der Waals surface area contributed by atoms with Gasteiger partial charge in [0.25, 0.3) is 5.91 Å². The fraction of sp³-hybridized carbons (Fsp3) is 0.333. The minimum Gasteiger partial charge on any atom is -0.483 e. The SMILES string of the molecule is Cc1cccc(C)c1OCC(=O)Nc1cnn(CC(F)(F)F)c1. The second-order valence-corrected chi connectivity index (χ2v) is 5.10. The number of nitrogens with zero attached hydrogens (tertiary/aromatic N) is 2. The highest BCUT2D eigenvalue weighted by molar-refractivity contribution is 5.91. The normalized spacial score (nSPS) is 11.3. The third kappa shape index (κ3) is 5.01. The van der Waals surface area contributed by atoms with Crippen molar-refractivity contribution in [2.75, 3.05) is 11.9 Å². The lowest BCUT2D eigenvalue weighted by Gasteiger charge is -2.11. The molecule has 0 saturated carbocycles. The molecule has 5 nitrogen and oxygen atoms in total. The Balaban J connectivity index is 1.90. The number of ether oxygens (including phenoxy) is 1. The molecule has 0 fully saturated rings. The second-order valence-electron chi connectivity index (χ2n) is 5.10. The molecule has 0 bridgehead atoms. The molecular weight excluding hydrogens is 311 g/mol. The van der Waals surface area contributed by atoms with E-state index in [1.807, 2.05) is 32.0 Å². The lowest BCUT2D eigenvalue weighted by molar-refractivity contribution is -0.142. The summed E-state index contributed by atoms with van der Waals surface area (Å²) >= 11 is 0. The number of hydrogen-bond donors (Lipinski definition) is 1. The number of alkyl halides is 3. The number of nitrogens with one attached hydrogen (secondary N) is 1. The molecule has 124 valence electrons. The van der Waals surface area contributed by atoms with Gasteiger partial charge in [-0.15, -0.1) is 0 Å². The Hall–Kier alpha value is -2.51. The lowest BCUT2D eigenvalue weighted by Crippen LogP contribution is -2.20. The van der Waals surface area contributed by atoms with Gasteiger partial charge in [-0.05, 0) is 25.0 Å². The number of carbonyl (C=O) groups is 1. The maximum Gasteiger partial charge on any atom is 0.408 e. The number of benzene rings is 1. The predicted octanol–water partition coefficient (Wildman–Crippen LogP) is 3.08. The van der Waals surface area contributed by atoms with Crippen molar-refractivity contribution in [3.8, 4) is 5.75 Å². The summed E-state index contributed by atoms with van der Waals surface area (Å²) in [4.78, 5) is 11.8. The molecule has 1 aromatic carbocycles. The van der Waals surface area contributed by atoms with Gasteiger partial charge in [0.1, 0.15) is 12.3 Å². The zero-order valence-electron chi connectivity index (χ0n) is 12.6. The van der Waals surface area contributed by atoms with Gasteiger partial charge in [0.15, 0.2) is 6.61 Å². The summed E-state index contributed by atoms with van der Waals surface area (Å²) in [6, 6.07) is 5.61. The first-order valence-corrected chi connectivity index (χ1v) is 6.82. The van der Waals surface area contributed by atoms with Crippen molar-refractivity contribution in [1.29, 1.82) is 0 Å². The smallest absolute Gasteiger partial charge is 0.408 e. The van der Waals surface area contributed by atoms with Crippen LogP contribution in [-0.4, -0.2) is 28.5 Å². The van der Waals surface area contributed by atoms with Gasteiger partial charge in [-0.2, -0.15) is 18.3 Å².